The van der Waals surface area contributed by atoms with Crippen molar-refractivity contribution in [3.63, 3.8) is 0 Å². The van der Waals surface area contributed by atoms with Gasteiger partial charge in [-0.05, 0) is 56.3 Å². The molecule has 1 N–H and O–H groups in total. The Hall–Kier alpha value is -0.820. The predicted molar refractivity (Wildman–Crippen MR) is 65.3 cm³/mol. The van der Waals surface area contributed by atoms with Crippen LogP contribution in [0, 0.1) is 19.8 Å². The Bertz CT molecular complexity index is 343. The van der Waals surface area contributed by atoms with Crippen LogP contribution < -0.4 is 5.32 Å². The first-order valence-corrected chi connectivity index (χ1v) is 6.00. The summed E-state index contributed by atoms with van der Waals surface area (Å²) in [4.78, 5) is 0. The molecule has 1 aliphatic rings. The van der Waals surface area contributed by atoms with Gasteiger partial charge in [0.05, 0.1) is 0 Å². The van der Waals surface area contributed by atoms with Gasteiger partial charge in [0.1, 0.15) is 0 Å². The van der Waals surface area contributed by atoms with Crippen LogP contribution in [0.1, 0.15) is 36.0 Å². The van der Waals surface area contributed by atoms with Gasteiger partial charge >= 0.3 is 0 Å². The summed E-state index contributed by atoms with van der Waals surface area (Å²) in [6, 6.07) is 6.87. The van der Waals surface area contributed by atoms with Gasteiger partial charge in [-0.3, -0.25) is 0 Å². The lowest BCUT2D eigenvalue weighted by molar-refractivity contribution is 0.649. The van der Waals surface area contributed by atoms with Gasteiger partial charge in [-0.1, -0.05) is 30.7 Å². The fourth-order valence-corrected chi connectivity index (χ4v) is 2.43. The minimum atomic E-state index is 0.824. The smallest absolute Gasteiger partial charge is 0.00146 e. The maximum Gasteiger partial charge on any atom is -0.00146 e. The molecule has 0 bridgehead atoms. The average molecular weight is 203 g/mol. The van der Waals surface area contributed by atoms with Crippen LogP contribution in [0.15, 0.2) is 18.2 Å². The van der Waals surface area contributed by atoms with Crippen LogP contribution in [-0.2, 0) is 0 Å². The number of hydrogen-bond donors (Lipinski definition) is 1. The third-order valence-electron chi connectivity index (χ3n) is 3.40. The molecule has 0 amide bonds. The second-order valence-corrected chi connectivity index (χ2v) is 4.77. The second kappa shape index (κ2) is 4.36. The van der Waals surface area contributed by atoms with Crippen LogP contribution in [0.4, 0.5) is 0 Å². The molecule has 1 aliphatic carbocycles. The highest BCUT2D eigenvalue weighted by molar-refractivity contribution is 5.36. The molecule has 2 rings (SSSR count). The largest absolute Gasteiger partial charge is 0.317 e. The lowest BCUT2D eigenvalue weighted by atomic mass is 10.0. The number of rotatable bonds is 4. The molecule has 1 heteroatoms. The number of nitrogens with one attached hydrogen (secondary N) is 1. The molecule has 15 heavy (non-hydrogen) atoms. The molecule has 0 aliphatic heterocycles. The highest BCUT2D eigenvalue weighted by atomic mass is 14.9. The van der Waals surface area contributed by atoms with E-state index < -0.39 is 0 Å². The Kier molecular flexibility index (Phi) is 3.11. The van der Waals surface area contributed by atoms with Crippen molar-refractivity contribution >= 4 is 0 Å². The highest BCUT2D eigenvalue weighted by Crippen LogP contribution is 2.48. The average Bonchev–Trinajstić information content (AvgIpc) is 2.94. The third-order valence-corrected chi connectivity index (χ3v) is 3.40. The van der Waals surface area contributed by atoms with Crippen molar-refractivity contribution in [2.24, 2.45) is 5.92 Å². The summed E-state index contributed by atoms with van der Waals surface area (Å²) in [5.74, 6) is 1.70. The van der Waals surface area contributed by atoms with Gasteiger partial charge in [-0.25, -0.2) is 0 Å². The Balaban J connectivity index is 2.00. The second-order valence-electron chi connectivity index (χ2n) is 4.77. The molecular weight excluding hydrogens is 182 g/mol. The quantitative estimate of drug-likeness (QED) is 0.793. The molecule has 2 unspecified atom stereocenters. The zero-order valence-corrected chi connectivity index (χ0v) is 10.0. The van der Waals surface area contributed by atoms with E-state index in [2.05, 4.69) is 44.3 Å². The fourth-order valence-electron chi connectivity index (χ4n) is 2.43. The number of aryl methyl sites for hydroxylation is 2. The van der Waals surface area contributed by atoms with E-state index in [-0.39, 0.29) is 0 Å². The van der Waals surface area contributed by atoms with Gasteiger partial charge < -0.3 is 5.32 Å². The van der Waals surface area contributed by atoms with Crippen LogP contribution in [0.5, 0.6) is 0 Å². The van der Waals surface area contributed by atoms with Crippen molar-refractivity contribution in [1.82, 2.24) is 5.32 Å². The molecule has 1 fully saturated rings. The molecule has 1 aromatic rings. The summed E-state index contributed by atoms with van der Waals surface area (Å²) in [6.45, 7) is 8.86. The van der Waals surface area contributed by atoms with Crippen LogP contribution in [0.3, 0.4) is 0 Å². The molecule has 1 saturated carbocycles. The minimum Gasteiger partial charge on any atom is -0.317 e. The molecule has 0 saturated heterocycles. The first-order chi connectivity index (χ1) is 7.22. The zero-order chi connectivity index (χ0) is 10.8. The van der Waals surface area contributed by atoms with Crippen molar-refractivity contribution in [3.05, 3.63) is 34.9 Å². The monoisotopic (exact) mass is 203 g/mol. The van der Waals surface area contributed by atoms with Gasteiger partial charge in [-0.15, -0.1) is 0 Å². The third kappa shape index (κ3) is 2.40. The zero-order valence-electron chi connectivity index (χ0n) is 10.0. The summed E-state index contributed by atoms with van der Waals surface area (Å²) < 4.78 is 0. The van der Waals surface area contributed by atoms with E-state index in [1.807, 2.05) is 0 Å². The van der Waals surface area contributed by atoms with Gasteiger partial charge in [0, 0.05) is 0 Å². The van der Waals surface area contributed by atoms with Crippen LogP contribution >= 0.6 is 0 Å². The molecule has 0 spiro atoms. The summed E-state index contributed by atoms with van der Waals surface area (Å²) in [7, 11) is 0. The molecule has 0 radical (unpaired) electrons. The minimum absolute atomic E-state index is 0.824. The van der Waals surface area contributed by atoms with E-state index in [1.165, 1.54) is 24.1 Å². The van der Waals surface area contributed by atoms with Crippen LogP contribution in [-0.4, -0.2) is 13.1 Å². The van der Waals surface area contributed by atoms with Crippen LogP contribution in [0.25, 0.3) is 0 Å². The number of benzene rings is 1. The molecular formula is C14H21N. The maximum atomic E-state index is 3.44. The summed E-state index contributed by atoms with van der Waals surface area (Å²) in [5.41, 5.74) is 4.42. The SMILES string of the molecule is CCNCC1CC1c1ccc(C)cc1C. The van der Waals surface area contributed by atoms with Crippen molar-refractivity contribution in [2.75, 3.05) is 13.1 Å². The van der Waals surface area contributed by atoms with E-state index in [9.17, 15) is 0 Å². The van der Waals surface area contributed by atoms with E-state index >= 15 is 0 Å². The van der Waals surface area contributed by atoms with Gasteiger partial charge in [-0.2, -0.15) is 0 Å². The Morgan fingerprint density at radius 2 is 2.13 bits per heavy atom. The van der Waals surface area contributed by atoms with Crippen molar-refractivity contribution in [3.8, 4) is 0 Å². The molecule has 0 heterocycles. The standard InChI is InChI=1S/C14H21N/c1-4-15-9-12-8-14(12)13-6-5-10(2)7-11(13)3/h5-7,12,14-15H,4,8-9H2,1-3H3. The van der Waals surface area contributed by atoms with Gasteiger partial charge in [0.2, 0.25) is 0 Å². The molecule has 1 aromatic carbocycles. The van der Waals surface area contributed by atoms with E-state index in [0.29, 0.717) is 0 Å². The molecule has 1 nitrogen and oxygen atoms in total. The normalized spacial score (nSPS) is 24.2. The van der Waals surface area contributed by atoms with E-state index in [1.54, 1.807) is 5.56 Å². The van der Waals surface area contributed by atoms with E-state index in [4.69, 9.17) is 0 Å². The molecule has 2 atom stereocenters. The highest BCUT2D eigenvalue weighted by Gasteiger charge is 2.38. The lowest BCUT2D eigenvalue weighted by Gasteiger charge is -2.06. The summed E-state index contributed by atoms with van der Waals surface area (Å²) in [5, 5.41) is 3.44. The Morgan fingerprint density at radius 1 is 1.33 bits per heavy atom. The predicted octanol–water partition coefficient (Wildman–Crippen LogP) is 3.02. The fraction of sp³-hybridized carbons (Fsp3) is 0.571. The maximum absolute atomic E-state index is 3.44. The van der Waals surface area contributed by atoms with Gasteiger partial charge in [0.25, 0.3) is 0 Å². The summed E-state index contributed by atoms with van der Waals surface area (Å²) >= 11 is 0. The number of hydrogen-bond acceptors (Lipinski definition) is 1. The first-order valence-electron chi connectivity index (χ1n) is 6.00. The van der Waals surface area contributed by atoms with Crippen molar-refractivity contribution < 1.29 is 0 Å². The molecule has 0 aromatic heterocycles. The van der Waals surface area contributed by atoms with Crippen LogP contribution in [0.2, 0.25) is 0 Å². The van der Waals surface area contributed by atoms with Crippen molar-refractivity contribution in [1.29, 1.82) is 0 Å². The Labute approximate surface area is 92.9 Å². The van der Waals surface area contributed by atoms with Crippen molar-refractivity contribution in [2.45, 2.75) is 33.1 Å². The topological polar surface area (TPSA) is 12.0 Å². The summed E-state index contributed by atoms with van der Waals surface area (Å²) in [6.07, 6.45) is 1.37. The lowest BCUT2D eigenvalue weighted by Crippen LogP contribution is -2.16. The Morgan fingerprint density at radius 3 is 2.80 bits per heavy atom. The first kappa shape index (κ1) is 10.7. The van der Waals surface area contributed by atoms with Gasteiger partial charge in [0.15, 0.2) is 0 Å². The molecule has 82 valence electrons. The van der Waals surface area contributed by atoms with E-state index in [0.717, 1.165) is 18.4 Å².